The molecule has 1 heterocycles. The van der Waals surface area contributed by atoms with Gasteiger partial charge in [-0.2, -0.15) is 0 Å². The van der Waals surface area contributed by atoms with Gasteiger partial charge in [0, 0.05) is 29.2 Å². The summed E-state index contributed by atoms with van der Waals surface area (Å²) in [7, 11) is 2.07. The SMILES string of the molecule is CN(I)c1ccc2c3ccccc3n(-c3ccccc3)c2c1. The standard InChI is InChI=1S/C19H15IN2/c1-21(20)15-11-12-17-16-9-5-6-10-18(16)22(19(17)13-15)14-7-3-2-4-8-14/h2-13H,1H3. The van der Waals surface area contributed by atoms with Gasteiger partial charge in [0.05, 0.1) is 33.9 Å². The lowest BCUT2D eigenvalue weighted by Crippen LogP contribution is -1.99. The number of hydrogen-bond acceptors (Lipinski definition) is 1. The summed E-state index contributed by atoms with van der Waals surface area (Å²) in [6.07, 6.45) is 0. The first-order valence-corrected chi connectivity index (χ1v) is 8.20. The highest BCUT2D eigenvalue weighted by atomic mass is 127. The molecule has 108 valence electrons. The van der Waals surface area contributed by atoms with Crippen molar-refractivity contribution in [1.29, 1.82) is 0 Å². The van der Waals surface area contributed by atoms with Crippen molar-refractivity contribution in [3.8, 4) is 5.69 Å². The third-order valence-corrected chi connectivity index (χ3v) is 4.58. The molecule has 0 radical (unpaired) electrons. The number of anilines is 1. The smallest absolute Gasteiger partial charge is 0.0588 e. The highest BCUT2D eigenvalue weighted by molar-refractivity contribution is 14.1. The van der Waals surface area contributed by atoms with Crippen molar-refractivity contribution in [1.82, 2.24) is 4.57 Å². The second-order valence-electron chi connectivity index (χ2n) is 5.37. The molecular formula is C19H15IN2. The van der Waals surface area contributed by atoms with Gasteiger partial charge >= 0.3 is 0 Å². The average molecular weight is 398 g/mol. The Morgan fingerprint density at radius 3 is 2.23 bits per heavy atom. The fourth-order valence-electron chi connectivity index (χ4n) is 3.01. The molecule has 22 heavy (non-hydrogen) atoms. The molecule has 0 aliphatic carbocycles. The van der Waals surface area contributed by atoms with Crippen LogP contribution in [0.3, 0.4) is 0 Å². The number of para-hydroxylation sites is 2. The van der Waals surface area contributed by atoms with Gasteiger partial charge in [-0.1, -0.05) is 42.5 Å². The number of benzene rings is 3. The van der Waals surface area contributed by atoms with E-state index in [1.54, 1.807) is 0 Å². The number of hydrogen-bond donors (Lipinski definition) is 0. The van der Waals surface area contributed by atoms with Crippen LogP contribution < -0.4 is 3.11 Å². The van der Waals surface area contributed by atoms with Gasteiger partial charge in [0.1, 0.15) is 0 Å². The van der Waals surface area contributed by atoms with Gasteiger partial charge in [-0.25, -0.2) is 0 Å². The Balaban J connectivity index is 2.16. The summed E-state index contributed by atoms with van der Waals surface area (Å²) in [5.41, 5.74) is 4.89. The van der Waals surface area contributed by atoms with Crippen LogP contribution in [0.25, 0.3) is 27.5 Å². The zero-order valence-corrected chi connectivity index (χ0v) is 14.4. The van der Waals surface area contributed by atoms with E-state index < -0.39 is 0 Å². The first-order chi connectivity index (χ1) is 10.8. The van der Waals surface area contributed by atoms with E-state index in [9.17, 15) is 0 Å². The molecule has 0 N–H and O–H groups in total. The lowest BCUT2D eigenvalue weighted by Gasteiger charge is -2.11. The highest BCUT2D eigenvalue weighted by Gasteiger charge is 2.12. The van der Waals surface area contributed by atoms with Crippen LogP contribution in [0, 0.1) is 0 Å². The van der Waals surface area contributed by atoms with Crippen LogP contribution in [0.2, 0.25) is 0 Å². The highest BCUT2D eigenvalue weighted by Crippen LogP contribution is 2.34. The van der Waals surface area contributed by atoms with Crippen molar-refractivity contribution < 1.29 is 0 Å². The molecule has 3 aromatic carbocycles. The van der Waals surface area contributed by atoms with Crippen molar-refractivity contribution in [3.63, 3.8) is 0 Å². The van der Waals surface area contributed by atoms with Crippen molar-refractivity contribution >= 4 is 50.4 Å². The van der Waals surface area contributed by atoms with E-state index in [1.807, 2.05) is 0 Å². The Labute approximate surface area is 143 Å². The largest absolute Gasteiger partial charge is 0.318 e. The summed E-state index contributed by atoms with van der Waals surface area (Å²) in [5, 5.41) is 2.59. The van der Waals surface area contributed by atoms with E-state index in [4.69, 9.17) is 0 Å². The predicted molar refractivity (Wildman–Crippen MR) is 103 cm³/mol. The second-order valence-corrected chi connectivity index (χ2v) is 6.81. The molecule has 0 saturated heterocycles. The van der Waals surface area contributed by atoms with E-state index in [0.717, 1.165) is 0 Å². The van der Waals surface area contributed by atoms with E-state index in [-0.39, 0.29) is 0 Å². The topological polar surface area (TPSA) is 8.17 Å². The molecule has 0 atom stereocenters. The van der Waals surface area contributed by atoms with Crippen LogP contribution in [0.4, 0.5) is 5.69 Å². The molecule has 4 aromatic rings. The Kier molecular flexibility index (Phi) is 3.30. The van der Waals surface area contributed by atoms with Crippen molar-refractivity contribution in [2.45, 2.75) is 0 Å². The van der Waals surface area contributed by atoms with E-state index in [1.165, 1.54) is 33.2 Å². The molecule has 1 aromatic heterocycles. The Hall–Kier alpha value is -2.01. The molecule has 0 aliphatic heterocycles. The molecule has 2 nitrogen and oxygen atoms in total. The number of fused-ring (bicyclic) bond motifs is 3. The molecule has 0 unspecified atom stereocenters. The van der Waals surface area contributed by atoms with E-state index in [0.29, 0.717) is 0 Å². The molecule has 0 aliphatic rings. The molecule has 4 rings (SSSR count). The van der Waals surface area contributed by atoms with Crippen LogP contribution in [-0.2, 0) is 0 Å². The van der Waals surface area contributed by atoms with Gasteiger partial charge in [0.25, 0.3) is 0 Å². The lowest BCUT2D eigenvalue weighted by atomic mass is 10.1. The first-order valence-electron chi connectivity index (χ1n) is 7.24. The maximum atomic E-state index is 2.34. The second kappa shape index (κ2) is 5.32. The van der Waals surface area contributed by atoms with Gasteiger partial charge in [-0.3, -0.25) is 0 Å². The van der Waals surface area contributed by atoms with Crippen LogP contribution in [0.1, 0.15) is 0 Å². The Morgan fingerprint density at radius 2 is 1.45 bits per heavy atom. The third kappa shape index (κ3) is 2.08. The monoisotopic (exact) mass is 398 g/mol. The molecule has 0 fully saturated rings. The zero-order chi connectivity index (χ0) is 15.1. The molecule has 0 amide bonds. The van der Waals surface area contributed by atoms with Crippen LogP contribution >= 0.6 is 22.9 Å². The molecule has 0 saturated carbocycles. The molecule has 0 bridgehead atoms. The van der Waals surface area contributed by atoms with Crippen LogP contribution in [-0.4, -0.2) is 11.6 Å². The van der Waals surface area contributed by atoms with Gasteiger partial charge in [-0.05, 0) is 30.3 Å². The molecule has 3 heteroatoms. The summed E-state index contributed by atoms with van der Waals surface area (Å²) in [6, 6.07) is 25.8. The number of aromatic nitrogens is 1. The summed E-state index contributed by atoms with van der Waals surface area (Å²) < 4.78 is 4.46. The average Bonchev–Trinajstić information content (AvgIpc) is 2.89. The van der Waals surface area contributed by atoms with Crippen LogP contribution in [0.15, 0.2) is 72.8 Å². The number of rotatable bonds is 2. The molecular weight excluding hydrogens is 383 g/mol. The van der Waals surface area contributed by atoms with Gasteiger partial charge in [-0.15, -0.1) is 0 Å². The molecule has 0 spiro atoms. The minimum absolute atomic E-state index is 1.20. The minimum Gasteiger partial charge on any atom is -0.318 e. The quantitative estimate of drug-likeness (QED) is 0.317. The fourth-order valence-corrected chi connectivity index (χ4v) is 3.31. The van der Waals surface area contributed by atoms with Crippen LogP contribution in [0.5, 0.6) is 0 Å². The van der Waals surface area contributed by atoms with E-state index >= 15 is 0 Å². The van der Waals surface area contributed by atoms with Gasteiger partial charge < -0.3 is 7.68 Å². The summed E-state index contributed by atoms with van der Waals surface area (Å²) in [4.78, 5) is 0. The number of nitrogens with zero attached hydrogens (tertiary/aromatic N) is 2. The first kappa shape index (κ1) is 13.6. The maximum absolute atomic E-state index is 2.34. The summed E-state index contributed by atoms with van der Waals surface area (Å²) in [6.45, 7) is 0. The summed E-state index contributed by atoms with van der Waals surface area (Å²) in [5.74, 6) is 0. The van der Waals surface area contributed by atoms with Gasteiger partial charge in [0.2, 0.25) is 0 Å². The normalized spacial score (nSPS) is 11.2. The zero-order valence-electron chi connectivity index (χ0n) is 12.2. The predicted octanol–water partition coefficient (Wildman–Crippen LogP) is 5.57. The van der Waals surface area contributed by atoms with E-state index in [2.05, 4.69) is 110 Å². The lowest BCUT2D eigenvalue weighted by molar-refractivity contribution is 1.18. The maximum Gasteiger partial charge on any atom is 0.0588 e. The minimum atomic E-state index is 1.20. The third-order valence-electron chi connectivity index (χ3n) is 4.03. The van der Waals surface area contributed by atoms with Crippen molar-refractivity contribution in [2.75, 3.05) is 10.2 Å². The number of halogens is 1. The Morgan fingerprint density at radius 1 is 0.773 bits per heavy atom. The van der Waals surface area contributed by atoms with Crippen molar-refractivity contribution in [3.05, 3.63) is 72.8 Å². The fraction of sp³-hybridized carbons (Fsp3) is 0.0526. The summed E-state index contributed by atoms with van der Waals surface area (Å²) >= 11 is 2.31. The Bertz CT molecular complexity index is 955. The van der Waals surface area contributed by atoms with Gasteiger partial charge in [0.15, 0.2) is 0 Å². The van der Waals surface area contributed by atoms with Crippen molar-refractivity contribution in [2.24, 2.45) is 0 Å².